The molecule has 1 rings (SSSR count). The Morgan fingerprint density at radius 1 is 1.02 bits per heavy atom. The second-order valence-corrected chi connectivity index (χ2v) is 13.6. The topological polar surface area (TPSA) is 130 Å². The maximum absolute atomic E-state index is 12.3. The Bertz CT molecular complexity index is 900. The highest BCUT2D eigenvalue weighted by Crippen LogP contribution is 2.38. The fraction of sp³-hybridized carbons (Fsp3) is 0.667. The van der Waals surface area contributed by atoms with E-state index in [-0.39, 0.29) is 35.0 Å². The molecule has 2 amide bonds. The molecule has 42 heavy (non-hydrogen) atoms. The van der Waals surface area contributed by atoms with Gasteiger partial charge in [0.2, 0.25) is 11.8 Å². The summed E-state index contributed by atoms with van der Waals surface area (Å²) in [7, 11) is 3.29. The van der Waals surface area contributed by atoms with E-state index in [2.05, 4.69) is 51.3 Å². The molecule has 2 atom stereocenters. The summed E-state index contributed by atoms with van der Waals surface area (Å²) in [4.78, 5) is 24.2. The van der Waals surface area contributed by atoms with Gasteiger partial charge in [0.15, 0.2) is 0 Å². The molecule has 0 aliphatic rings. The van der Waals surface area contributed by atoms with Crippen LogP contribution in [0.3, 0.4) is 0 Å². The zero-order valence-corrected chi connectivity index (χ0v) is 27.5. The quantitative estimate of drug-likeness (QED) is 0.0643. The van der Waals surface area contributed by atoms with E-state index < -0.39 is 0 Å². The summed E-state index contributed by atoms with van der Waals surface area (Å²) in [5.74, 6) is 0.810. The van der Waals surface area contributed by atoms with E-state index in [0.717, 1.165) is 6.42 Å². The first-order valence-electron chi connectivity index (χ1n) is 14.5. The van der Waals surface area contributed by atoms with Crippen molar-refractivity contribution in [2.24, 2.45) is 11.7 Å². The zero-order chi connectivity index (χ0) is 31.1. The van der Waals surface area contributed by atoms with Crippen LogP contribution >= 0.6 is 21.6 Å². The smallest absolute Gasteiger partial charge is 0.246 e. The van der Waals surface area contributed by atoms with Crippen molar-refractivity contribution in [1.29, 1.82) is 0 Å². The highest BCUT2D eigenvalue weighted by molar-refractivity contribution is 8.77. The molecule has 0 aliphatic heterocycles. The third kappa shape index (κ3) is 21.8. The minimum atomic E-state index is -0.262. The SMILES string of the molecule is CCC(C)/C=C/CNC(=O)COCCOC(COc1cccc(NC(=O)CCOCCOCCN)c1)SSC(C)(C)C. The molecule has 2 unspecified atom stereocenters. The molecule has 0 spiro atoms. The maximum atomic E-state index is 12.3. The van der Waals surface area contributed by atoms with Crippen molar-refractivity contribution in [2.45, 2.75) is 57.6 Å². The van der Waals surface area contributed by atoms with Gasteiger partial charge in [0.05, 0.1) is 46.1 Å². The molecular weight excluding hydrogens is 578 g/mol. The number of rotatable bonds is 24. The Hall–Kier alpha value is -1.80. The number of hydrogen-bond acceptors (Lipinski definition) is 10. The highest BCUT2D eigenvalue weighted by atomic mass is 33.1. The van der Waals surface area contributed by atoms with Gasteiger partial charge in [-0.05, 0) is 18.1 Å². The Balaban J connectivity index is 2.42. The van der Waals surface area contributed by atoms with Crippen molar-refractivity contribution in [3.63, 3.8) is 0 Å². The average Bonchev–Trinajstić information content (AvgIpc) is 2.95. The summed E-state index contributed by atoms with van der Waals surface area (Å²) in [5.41, 5.74) is 5.74. The number of nitrogens with one attached hydrogen (secondary N) is 2. The van der Waals surface area contributed by atoms with Crippen LogP contribution in [0, 0.1) is 5.92 Å². The van der Waals surface area contributed by atoms with Crippen LogP contribution in [0.25, 0.3) is 0 Å². The van der Waals surface area contributed by atoms with E-state index in [1.807, 2.05) is 18.2 Å². The molecular formula is C30H51N3O7S2. The van der Waals surface area contributed by atoms with Crippen molar-refractivity contribution < 1.29 is 33.3 Å². The molecule has 1 aromatic carbocycles. The van der Waals surface area contributed by atoms with Gasteiger partial charge in [0.1, 0.15) is 24.4 Å². The number of allylic oxidation sites excluding steroid dienone is 1. The third-order valence-electron chi connectivity index (χ3n) is 5.31. The summed E-state index contributed by atoms with van der Waals surface area (Å²) in [5, 5.41) is 5.68. The van der Waals surface area contributed by atoms with Gasteiger partial charge in [-0.2, -0.15) is 0 Å². The van der Waals surface area contributed by atoms with Gasteiger partial charge in [0.25, 0.3) is 0 Å². The van der Waals surface area contributed by atoms with Crippen LogP contribution in [0.5, 0.6) is 5.75 Å². The Morgan fingerprint density at radius 3 is 2.48 bits per heavy atom. The van der Waals surface area contributed by atoms with Gasteiger partial charge in [-0.1, -0.05) is 80.8 Å². The molecule has 0 fully saturated rings. The summed E-state index contributed by atoms with van der Waals surface area (Å²) < 4.78 is 28.2. The molecule has 0 saturated carbocycles. The van der Waals surface area contributed by atoms with Crippen LogP contribution in [-0.4, -0.2) is 87.9 Å². The molecule has 0 radical (unpaired) electrons. The fourth-order valence-corrected chi connectivity index (χ4v) is 5.18. The summed E-state index contributed by atoms with van der Waals surface area (Å²) in [6, 6.07) is 7.23. The highest BCUT2D eigenvalue weighted by Gasteiger charge is 2.18. The molecule has 10 nitrogen and oxygen atoms in total. The van der Waals surface area contributed by atoms with Gasteiger partial charge in [-0.3, -0.25) is 9.59 Å². The predicted molar refractivity (Wildman–Crippen MR) is 173 cm³/mol. The first-order chi connectivity index (χ1) is 20.1. The van der Waals surface area contributed by atoms with Crippen molar-refractivity contribution in [1.82, 2.24) is 5.32 Å². The monoisotopic (exact) mass is 629 g/mol. The fourth-order valence-electron chi connectivity index (χ4n) is 2.99. The molecule has 1 aromatic rings. The minimum absolute atomic E-state index is 0.0145. The van der Waals surface area contributed by atoms with Crippen molar-refractivity contribution >= 4 is 39.1 Å². The van der Waals surface area contributed by atoms with E-state index in [4.69, 9.17) is 29.4 Å². The second-order valence-electron chi connectivity index (χ2n) is 10.4. The number of anilines is 1. The van der Waals surface area contributed by atoms with E-state index in [1.54, 1.807) is 33.7 Å². The zero-order valence-electron chi connectivity index (χ0n) is 25.9. The molecule has 0 bridgehead atoms. The van der Waals surface area contributed by atoms with Crippen molar-refractivity contribution in [3.05, 3.63) is 36.4 Å². The molecule has 0 saturated heterocycles. The number of carbonyl (C=O) groups is 2. The Labute approximate surface area is 259 Å². The van der Waals surface area contributed by atoms with Gasteiger partial charge < -0.3 is 40.1 Å². The summed E-state index contributed by atoms with van der Waals surface area (Å²) in [6.45, 7) is 14.2. The number of nitrogens with two attached hydrogens (primary N) is 1. The van der Waals surface area contributed by atoms with Crippen LogP contribution in [-0.2, 0) is 28.5 Å². The lowest BCUT2D eigenvalue weighted by Crippen LogP contribution is -2.28. The normalized spacial score (nSPS) is 13.2. The van der Waals surface area contributed by atoms with Gasteiger partial charge >= 0.3 is 0 Å². The molecule has 4 N–H and O–H groups in total. The van der Waals surface area contributed by atoms with Gasteiger partial charge in [-0.25, -0.2) is 0 Å². The van der Waals surface area contributed by atoms with Crippen molar-refractivity contribution in [3.8, 4) is 5.75 Å². The van der Waals surface area contributed by atoms with Crippen LogP contribution in [0.15, 0.2) is 36.4 Å². The van der Waals surface area contributed by atoms with E-state index in [9.17, 15) is 9.59 Å². The number of hydrogen-bond donors (Lipinski definition) is 3. The standard InChI is InChI=1S/C30H51N3O7S2/c1-6-24(2)9-8-14-32-28(35)22-38-19-20-39-29(41-42-30(3,4)5)23-40-26-11-7-10-25(21-26)33-27(34)12-15-36-17-18-37-16-13-31/h7-11,21,24,29H,6,12-20,22-23,31H2,1-5H3,(H,32,35)(H,33,34)/b9-8+. The first-order valence-corrected chi connectivity index (χ1v) is 16.7. The molecule has 0 aromatic heterocycles. The average molecular weight is 630 g/mol. The number of ether oxygens (including phenoxy) is 5. The number of amides is 2. The molecule has 240 valence electrons. The largest absolute Gasteiger partial charge is 0.490 e. The molecule has 0 heterocycles. The molecule has 0 aliphatic carbocycles. The lowest BCUT2D eigenvalue weighted by molar-refractivity contribution is -0.126. The molecule has 12 heteroatoms. The van der Waals surface area contributed by atoms with E-state index in [0.29, 0.717) is 76.7 Å². The first kappa shape index (κ1) is 38.2. The summed E-state index contributed by atoms with van der Waals surface area (Å²) >= 11 is 0. The van der Waals surface area contributed by atoms with Crippen LogP contribution < -0.4 is 21.1 Å². The summed E-state index contributed by atoms with van der Waals surface area (Å²) in [6.07, 6.45) is 5.36. The second kappa shape index (κ2) is 23.6. The van der Waals surface area contributed by atoms with Gasteiger partial charge in [-0.15, -0.1) is 0 Å². The maximum Gasteiger partial charge on any atom is 0.246 e. The Morgan fingerprint density at radius 2 is 1.76 bits per heavy atom. The van der Waals surface area contributed by atoms with Crippen LogP contribution in [0.1, 0.15) is 47.5 Å². The number of carbonyl (C=O) groups excluding carboxylic acids is 2. The Kier molecular flexibility index (Phi) is 21.5. The van der Waals surface area contributed by atoms with E-state index >= 15 is 0 Å². The van der Waals surface area contributed by atoms with Crippen LogP contribution in [0.2, 0.25) is 0 Å². The van der Waals surface area contributed by atoms with Crippen molar-refractivity contribution in [2.75, 3.05) is 71.3 Å². The predicted octanol–water partition coefficient (Wildman–Crippen LogP) is 4.64. The van der Waals surface area contributed by atoms with Gasteiger partial charge in [0, 0.05) is 29.6 Å². The third-order valence-corrected chi connectivity index (χ3v) is 8.82. The van der Waals surface area contributed by atoms with Crippen LogP contribution in [0.4, 0.5) is 5.69 Å². The number of benzene rings is 1. The van der Waals surface area contributed by atoms with E-state index in [1.165, 1.54) is 0 Å². The lowest BCUT2D eigenvalue weighted by atomic mass is 10.1. The lowest BCUT2D eigenvalue weighted by Gasteiger charge is -2.22. The minimum Gasteiger partial charge on any atom is -0.490 e.